The Kier molecular flexibility index (Phi) is 6.00. The first kappa shape index (κ1) is 16.2. The Balaban J connectivity index is 2.07. The first-order valence-electron chi connectivity index (χ1n) is 7.87. The van der Waals surface area contributed by atoms with E-state index in [-0.39, 0.29) is 5.82 Å². The van der Waals surface area contributed by atoms with Gasteiger partial charge in [-0.2, -0.15) is 0 Å². The zero-order valence-electron chi connectivity index (χ0n) is 13.4. The molecule has 2 rings (SSSR count). The minimum Gasteiger partial charge on any atom is -0.381 e. The Morgan fingerprint density at radius 1 is 1.33 bits per heavy atom. The maximum absolute atomic E-state index is 14.2. The van der Waals surface area contributed by atoms with Crippen molar-refractivity contribution in [3.63, 3.8) is 0 Å². The maximum atomic E-state index is 14.2. The summed E-state index contributed by atoms with van der Waals surface area (Å²) in [6.07, 6.45) is 2.19. The molecule has 0 atom stereocenters. The molecule has 118 valence electrons. The summed E-state index contributed by atoms with van der Waals surface area (Å²) in [6, 6.07) is 5.70. The van der Waals surface area contributed by atoms with Gasteiger partial charge in [-0.05, 0) is 30.9 Å². The molecule has 1 N–H and O–H groups in total. The van der Waals surface area contributed by atoms with E-state index in [1.54, 1.807) is 12.1 Å². The molecule has 0 unspecified atom stereocenters. The van der Waals surface area contributed by atoms with Crippen LogP contribution < -0.4 is 10.2 Å². The van der Waals surface area contributed by atoms with E-state index >= 15 is 0 Å². The third-order valence-electron chi connectivity index (χ3n) is 4.07. The number of anilines is 1. The third-order valence-corrected chi connectivity index (χ3v) is 4.07. The number of hydrogen-bond acceptors (Lipinski definition) is 3. The topological polar surface area (TPSA) is 24.5 Å². The van der Waals surface area contributed by atoms with Gasteiger partial charge in [-0.3, -0.25) is 0 Å². The Morgan fingerprint density at radius 3 is 2.71 bits per heavy atom. The summed E-state index contributed by atoms with van der Waals surface area (Å²) < 4.78 is 19.6. The molecule has 1 aromatic rings. The molecular formula is C17H27FN2O. The summed E-state index contributed by atoms with van der Waals surface area (Å²) in [5.41, 5.74) is 1.76. The highest BCUT2D eigenvalue weighted by Gasteiger charge is 2.18. The number of nitrogens with one attached hydrogen (secondary N) is 1. The molecule has 0 amide bonds. The molecule has 0 aliphatic carbocycles. The van der Waals surface area contributed by atoms with Gasteiger partial charge in [0.05, 0.1) is 0 Å². The van der Waals surface area contributed by atoms with Crippen LogP contribution in [0.4, 0.5) is 10.1 Å². The Labute approximate surface area is 127 Å². The molecule has 4 heteroatoms. The Morgan fingerprint density at radius 2 is 2.05 bits per heavy atom. The number of nitrogens with zero attached hydrogens (tertiary/aromatic N) is 1. The minimum absolute atomic E-state index is 0.125. The second-order valence-electron chi connectivity index (χ2n) is 6.21. The smallest absolute Gasteiger partial charge is 0.129 e. The lowest BCUT2D eigenvalue weighted by Crippen LogP contribution is -2.31. The van der Waals surface area contributed by atoms with Gasteiger partial charge in [0.25, 0.3) is 0 Å². The lowest BCUT2D eigenvalue weighted by molar-refractivity contribution is 0.0685. The van der Waals surface area contributed by atoms with Crippen LogP contribution in [-0.2, 0) is 11.3 Å². The fourth-order valence-electron chi connectivity index (χ4n) is 2.80. The van der Waals surface area contributed by atoms with E-state index in [0.717, 1.165) is 43.9 Å². The molecule has 0 saturated carbocycles. The predicted molar refractivity (Wildman–Crippen MR) is 85.2 cm³/mol. The van der Waals surface area contributed by atoms with E-state index in [9.17, 15) is 4.39 Å². The van der Waals surface area contributed by atoms with Crippen LogP contribution in [0.1, 0.15) is 32.3 Å². The number of hydrogen-bond donors (Lipinski definition) is 1. The van der Waals surface area contributed by atoms with Gasteiger partial charge in [-0.15, -0.1) is 0 Å². The molecule has 0 radical (unpaired) electrons. The van der Waals surface area contributed by atoms with Crippen molar-refractivity contribution in [3.8, 4) is 0 Å². The Hall–Kier alpha value is -1.13. The summed E-state index contributed by atoms with van der Waals surface area (Å²) in [5, 5.41) is 3.31. The maximum Gasteiger partial charge on any atom is 0.129 e. The Bertz CT molecular complexity index is 444. The molecule has 3 nitrogen and oxygen atoms in total. The fraction of sp³-hybridized carbons (Fsp3) is 0.647. The van der Waals surface area contributed by atoms with Crippen molar-refractivity contribution in [2.45, 2.75) is 39.3 Å². The quantitative estimate of drug-likeness (QED) is 0.872. The summed E-state index contributed by atoms with van der Waals surface area (Å²) >= 11 is 0. The molecule has 1 aromatic carbocycles. The fourth-order valence-corrected chi connectivity index (χ4v) is 2.80. The highest BCUT2D eigenvalue weighted by atomic mass is 19.1. The lowest BCUT2D eigenvalue weighted by Gasteiger charge is -2.30. The normalized spacial score (nSPS) is 16.4. The molecule has 1 saturated heterocycles. The lowest BCUT2D eigenvalue weighted by atomic mass is 9.99. The van der Waals surface area contributed by atoms with E-state index in [0.29, 0.717) is 18.5 Å². The van der Waals surface area contributed by atoms with Gasteiger partial charge in [0.15, 0.2) is 0 Å². The van der Waals surface area contributed by atoms with E-state index in [4.69, 9.17) is 4.74 Å². The predicted octanol–water partition coefficient (Wildman–Crippen LogP) is 3.19. The van der Waals surface area contributed by atoms with Crippen LogP contribution in [0.2, 0.25) is 0 Å². The summed E-state index contributed by atoms with van der Waals surface area (Å²) in [7, 11) is 2.06. The molecule has 0 spiro atoms. The largest absolute Gasteiger partial charge is 0.381 e. The summed E-state index contributed by atoms with van der Waals surface area (Å²) in [5.74, 6) is 0.511. The van der Waals surface area contributed by atoms with Gasteiger partial charge in [0.1, 0.15) is 5.82 Å². The minimum atomic E-state index is -0.125. The molecule has 1 fully saturated rings. The zero-order valence-corrected chi connectivity index (χ0v) is 13.4. The molecule has 0 bridgehead atoms. The van der Waals surface area contributed by atoms with Crippen molar-refractivity contribution >= 4 is 5.69 Å². The molecule has 21 heavy (non-hydrogen) atoms. The van der Waals surface area contributed by atoms with Gasteiger partial charge >= 0.3 is 0 Å². The third kappa shape index (κ3) is 4.68. The second kappa shape index (κ2) is 7.76. The molecule has 0 aromatic heterocycles. The van der Waals surface area contributed by atoms with Crippen molar-refractivity contribution in [2.75, 3.05) is 31.7 Å². The first-order valence-corrected chi connectivity index (χ1v) is 7.87. The van der Waals surface area contributed by atoms with Gasteiger partial charge in [-0.25, -0.2) is 4.39 Å². The van der Waals surface area contributed by atoms with Crippen LogP contribution >= 0.6 is 0 Å². The highest BCUT2D eigenvalue weighted by molar-refractivity contribution is 5.53. The van der Waals surface area contributed by atoms with Crippen LogP contribution in [0, 0.1) is 11.7 Å². The SMILES string of the molecule is CC(C)NCc1c(F)cccc1N(C)CC1CCOCC1. The average Bonchev–Trinajstić information content (AvgIpc) is 2.46. The van der Waals surface area contributed by atoms with Crippen molar-refractivity contribution in [2.24, 2.45) is 5.92 Å². The molecule has 1 aliphatic rings. The van der Waals surface area contributed by atoms with Crippen LogP contribution in [0.15, 0.2) is 18.2 Å². The number of rotatable bonds is 6. The molecular weight excluding hydrogens is 267 g/mol. The first-order chi connectivity index (χ1) is 10.1. The average molecular weight is 294 g/mol. The van der Waals surface area contributed by atoms with Gasteiger partial charge in [-0.1, -0.05) is 19.9 Å². The molecule has 1 heterocycles. The van der Waals surface area contributed by atoms with Crippen LogP contribution in [0.25, 0.3) is 0 Å². The van der Waals surface area contributed by atoms with Gasteiger partial charge in [0, 0.05) is 50.6 Å². The zero-order chi connectivity index (χ0) is 15.2. The highest BCUT2D eigenvalue weighted by Crippen LogP contribution is 2.25. The van der Waals surface area contributed by atoms with Crippen molar-refractivity contribution in [1.29, 1.82) is 0 Å². The summed E-state index contributed by atoms with van der Waals surface area (Å²) in [4.78, 5) is 2.19. The van der Waals surface area contributed by atoms with Gasteiger partial charge < -0.3 is 15.0 Å². The van der Waals surface area contributed by atoms with Crippen LogP contribution in [0.3, 0.4) is 0 Å². The standard InChI is InChI=1S/C17H27FN2O/c1-13(2)19-11-15-16(18)5-4-6-17(15)20(3)12-14-7-9-21-10-8-14/h4-6,13-14,19H,7-12H2,1-3H3. The monoisotopic (exact) mass is 294 g/mol. The van der Waals surface area contributed by atoms with Gasteiger partial charge in [0.2, 0.25) is 0 Å². The van der Waals surface area contributed by atoms with Crippen LogP contribution in [0.5, 0.6) is 0 Å². The molecule has 1 aliphatic heterocycles. The number of benzene rings is 1. The van der Waals surface area contributed by atoms with E-state index < -0.39 is 0 Å². The van der Waals surface area contributed by atoms with Crippen molar-refractivity contribution in [3.05, 3.63) is 29.6 Å². The van der Waals surface area contributed by atoms with E-state index in [1.165, 1.54) is 0 Å². The summed E-state index contributed by atoms with van der Waals surface area (Å²) in [6.45, 7) is 7.38. The van der Waals surface area contributed by atoms with E-state index in [2.05, 4.69) is 31.1 Å². The number of ether oxygens (including phenoxy) is 1. The van der Waals surface area contributed by atoms with Crippen LogP contribution in [-0.4, -0.2) is 32.8 Å². The number of halogens is 1. The van der Waals surface area contributed by atoms with Crippen molar-refractivity contribution < 1.29 is 9.13 Å². The van der Waals surface area contributed by atoms with E-state index in [1.807, 2.05) is 6.07 Å². The second-order valence-corrected chi connectivity index (χ2v) is 6.21. The van der Waals surface area contributed by atoms with Crippen molar-refractivity contribution in [1.82, 2.24) is 5.32 Å².